The Kier molecular flexibility index (Phi) is 3.90. The number of halogens is 3. The van der Waals surface area contributed by atoms with Gasteiger partial charge in [-0.3, -0.25) is 0 Å². The number of benzene rings is 1. The SMILES string of the molecule is COc1cc(F)c(Br)cc1C(Br)C1CCC1. The molecule has 1 atom stereocenters. The fraction of sp³-hybridized carbons (Fsp3) is 0.500. The smallest absolute Gasteiger partial charge is 0.141 e. The molecule has 0 amide bonds. The number of methoxy groups -OCH3 is 1. The van der Waals surface area contributed by atoms with E-state index in [0.29, 0.717) is 16.1 Å². The molecule has 0 saturated heterocycles. The number of ether oxygens (including phenoxy) is 1. The van der Waals surface area contributed by atoms with Crippen LogP contribution >= 0.6 is 31.9 Å². The maximum atomic E-state index is 13.4. The molecule has 1 aliphatic rings. The minimum atomic E-state index is -0.283. The van der Waals surface area contributed by atoms with Gasteiger partial charge in [0.05, 0.1) is 11.6 Å². The monoisotopic (exact) mass is 350 g/mol. The molecule has 0 spiro atoms. The van der Waals surface area contributed by atoms with Gasteiger partial charge in [0.25, 0.3) is 0 Å². The molecule has 1 aromatic rings. The van der Waals surface area contributed by atoms with Crippen LogP contribution in [0.25, 0.3) is 0 Å². The Morgan fingerprint density at radius 1 is 1.44 bits per heavy atom. The first-order valence-corrected chi connectivity index (χ1v) is 7.01. The summed E-state index contributed by atoms with van der Waals surface area (Å²) in [5.41, 5.74) is 1.03. The third kappa shape index (κ3) is 2.28. The average molecular weight is 352 g/mol. The molecule has 88 valence electrons. The molecule has 0 aliphatic heterocycles. The maximum Gasteiger partial charge on any atom is 0.141 e. The molecule has 0 N–H and O–H groups in total. The Hall–Kier alpha value is -0.0900. The molecular weight excluding hydrogens is 339 g/mol. The fourth-order valence-corrected chi connectivity index (χ4v) is 3.17. The minimum absolute atomic E-state index is 0.257. The number of hydrogen-bond acceptors (Lipinski definition) is 1. The van der Waals surface area contributed by atoms with Crippen LogP contribution in [0.1, 0.15) is 29.7 Å². The normalized spacial score (nSPS) is 18.0. The molecule has 0 aromatic heterocycles. The van der Waals surface area contributed by atoms with Gasteiger partial charge in [-0.2, -0.15) is 0 Å². The molecule has 1 aliphatic carbocycles. The van der Waals surface area contributed by atoms with Crippen LogP contribution in [0.15, 0.2) is 16.6 Å². The van der Waals surface area contributed by atoms with E-state index in [9.17, 15) is 4.39 Å². The molecule has 1 aromatic carbocycles. The number of alkyl halides is 1. The zero-order valence-electron chi connectivity index (χ0n) is 8.97. The van der Waals surface area contributed by atoms with Crippen LogP contribution in [0.3, 0.4) is 0 Å². The summed E-state index contributed by atoms with van der Waals surface area (Å²) in [5, 5.41) is 0. The van der Waals surface area contributed by atoms with Gasteiger partial charge in [0, 0.05) is 16.5 Å². The van der Waals surface area contributed by atoms with Crippen LogP contribution in [0.2, 0.25) is 0 Å². The Labute approximate surface area is 112 Å². The van der Waals surface area contributed by atoms with Gasteiger partial charge in [-0.1, -0.05) is 22.4 Å². The lowest BCUT2D eigenvalue weighted by Gasteiger charge is -2.31. The predicted octanol–water partition coefficient (Wildman–Crippen LogP) is 4.83. The van der Waals surface area contributed by atoms with E-state index in [2.05, 4.69) is 31.9 Å². The molecule has 0 bridgehead atoms. The zero-order chi connectivity index (χ0) is 11.7. The second-order valence-electron chi connectivity index (χ2n) is 4.10. The van der Waals surface area contributed by atoms with Crippen molar-refractivity contribution in [3.8, 4) is 5.75 Å². The number of rotatable bonds is 3. The maximum absolute atomic E-state index is 13.4. The summed E-state index contributed by atoms with van der Waals surface area (Å²) in [6.07, 6.45) is 3.75. The summed E-state index contributed by atoms with van der Waals surface area (Å²) < 4.78 is 19.1. The summed E-state index contributed by atoms with van der Waals surface area (Å²) in [6, 6.07) is 3.25. The first-order chi connectivity index (χ1) is 7.63. The van der Waals surface area contributed by atoms with Gasteiger partial charge in [0.1, 0.15) is 11.6 Å². The molecule has 4 heteroatoms. The topological polar surface area (TPSA) is 9.23 Å². The highest BCUT2D eigenvalue weighted by Crippen LogP contribution is 2.46. The number of hydrogen-bond donors (Lipinski definition) is 0. The van der Waals surface area contributed by atoms with Gasteiger partial charge in [-0.05, 0) is 40.8 Å². The summed E-state index contributed by atoms with van der Waals surface area (Å²) in [7, 11) is 1.58. The lowest BCUT2D eigenvalue weighted by atomic mass is 9.80. The largest absolute Gasteiger partial charge is 0.496 e. The van der Waals surface area contributed by atoms with Crippen LogP contribution in [-0.4, -0.2) is 7.11 Å². The van der Waals surface area contributed by atoms with E-state index < -0.39 is 0 Å². The van der Waals surface area contributed by atoms with E-state index in [1.54, 1.807) is 7.11 Å². The van der Waals surface area contributed by atoms with E-state index in [-0.39, 0.29) is 10.6 Å². The lowest BCUT2D eigenvalue weighted by molar-refractivity contribution is 0.306. The summed E-state index contributed by atoms with van der Waals surface area (Å²) in [6.45, 7) is 0. The fourth-order valence-electron chi connectivity index (χ4n) is 1.92. The van der Waals surface area contributed by atoms with Crippen LogP contribution in [0, 0.1) is 11.7 Å². The van der Waals surface area contributed by atoms with Crippen molar-refractivity contribution in [1.82, 2.24) is 0 Å². The van der Waals surface area contributed by atoms with E-state index >= 15 is 0 Å². The summed E-state index contributed by atoms with van der Waals surface area (Å²) >= 11 is 6.91. The highest BCUT2D eigenvalue weighted by Gasteiger charge is 2.29. The van der Waals surface area contributed by atoms with Crippen molar-refractivity contribution in [2.45, 2.75) is 24.1 Å². The molecule has 1 unspecified atom stereocenters. The second-order valence-corrected chi connectivity index (χ2v) is 5.94. The molecular formula is C12H13Br2FO. The molecule has 1 fully saturated rings. The Morgan fingerprint density at radius 3 is 2.62 bits per heavy atom. The molecule has 16 heavy (non-hydrogen) atoms. The van der Waals surface area contributed by atoms with Crippen molar-refractivity contribution >= 4 is 31.9 Å². The van der Waals surface area contributed by atoms with Gasteiger partial charge in [-0.15, -0.1) is 0 Å². The molecule has 0 radical (unpaired) electrons. The minimum Gasteiger partial charge on any atom is -0.496 e. The van der Waals surface area contributed by atoms with Crippen molar-refractivity contribution < 1.29 is 9.13 Å². The predicted molar refractivity (Wildman–Crippen MR) is 69.7 cm³/mol. The van der Waals surface area contributed by atoms with Crippen molar-refractivity contribution in [2.75, 3.05) is 7.11 Å². The van der Waals surface area contributed by atoms with Crippen LogP contribution in [0.5, 0.6) is 5.75 Å². The Morgan fingerprint density at radius 2 is 2.12 bits per heavy atom. The van der Waals surface area contributed by atoms with Crippen LogP contribution in [0.4, 0.5) is 4.39 Å². The van der Waals surface area contributed by atoms with E-state index in [0.717, 1.165) is 5.56 Å². The van der Waals surface area contributed by atoms with Gasteiger partial charge in [0.2, 0.25) is 0 Å². The highest BCUT2D eigenvalue weighted by atomic mass is 79.9. The molecule has 1 saturated carbocycles. The van der Waals surface area contributed by atoms with Gasteiger partial charge < -0.3 is 4.74 Å². The van der Waals surface area contributed by atoms with Gasteiger partial charge in [-0.25, -0.2) is 4.39 Å². The van der Waals surface area contributed by atoms with E-state index in [1.165, 1.54) is 25.3 Å². The van der Waals surface area contributed by atoms with Gasteiger partial charge >= 0.3 is 0 Å². The van der Waals surface area contributed by atoms with Crippen molar-refractivity contribution in [3.63, 3.8) is 0 Å². The highest BCUT2D eigenvalue weighted by molar-refractivity contribution is 9.10. The van der Waals surface area contributed by atoms with Crippen molar-refractivity contribution in [3.05, 3.63) is 28.0 Å². The zero-order valence-corrected chi connectivity index (χ0v) is 12.1. The summed E-state index contributed by atoms with van der Waals surface area (Å²) in [4.78, 5) is 0.257. The second kappa shape index (κ2) is 5.05. The van der Waals surface area contributed by atoms with Crippen molar-refractivity contribution in [2.24, 2.45) is 5.92 Å². The third-order valence-corrected chi connectivity index (χ3v) is 4.98. The molecule has 2 rings (SSSR count). The van der Waals surface area contributed by atoms with Gasteiger partial charge in [0.15, 0.2) is 0 Å². The van der Waals surface area contributed by atoms with E-state index in [1.807, 2.05) is 6.07 Å². The molecule has 0 heterocycles. The lowest BCUT2D eigenvalue weighted by Crippen LogP contribution is -2.16. The first kappa shape index (κ1) is 12.4. The third-order valence-electron chi connectivity index (χ3n) is 3.13. The Bertz CT molecular complexity index is 391. The van der Waals surface area contributed by atoms with E-state index in [4.69, 9.17) is 4.74 Å². The quantitative estimate of drug-likeness (QED) is 0.708. The standard InChI is InChI=1S/C12H13Br2FO/c1-16-11-6-10(15)9(13)5-8(11)12(14)7-3-2-4-7/h5-7,12H,2-4H2,1H3. The molecule has 1 nitrogen and oxygen atoms in total. The first-order valence-electron chi connectivity index (χ1n) is 5.30. The Balaban J connectivity index is 2.33. The van der Waals surface area contributed by atoms with Crippen LogP contribution in [-0.2, 0) is 0 Å². The summed E-state index contributed by atoms with van der Waals surface area (Å²) in [5.74, 6) is 0.981. The van der Waals surface area contributed by atoms with Crippen LogP contribution < -0.4 is 4.74 Å². The average Bonchev–Trinajstić information content (AvgIpc) is 2.18. The van der Waals surface area contributed by atoms with Crippen molar-refractivity contribution in [1.29, 1.82) is 0 Å².